The highest BCUT2D eigenvalue weighted by molar-refractivity contribution is 9.10. The van der Waals surface area contributed by atoms with Gasteiger partial charge in [-0.1, -0.05) is 33.6 Å². The van der Waals surface area contributed by atoms with E-state index in [0.717, 1.165) is 10.0 Å². The van der Waals surface area contributed by atoms with Gasteiger partial charge in [0.25, 0.3) is 0 Å². The van der Waals surface area contributed by atoms with Crippen LogP contribution >= 0.6 is 15.9 Å². The lowest BCUT2D eigenvalue weighted by atomic mass is 10.1. The van der Waals surface area contributed by atoms with Crippen LogP contribution in [-0.2, 0) is 10.0 Å². The quantitative estimate of drug-likeness (QED) is 0.636. The lowest BCUT2D eigenvalue weighted by Gasteiger charge is -2.23. The molecule has 0 fully saturated rings. The summed E-state index contributed by atoms with van der Waals surface area (Å²) in [5.41, 5.74) is 2.23. The summed E-state index contributed by atoms with van der Waals surface area (Å²) in [5.74, 6) is 0.249. The van der Waals surface area contributed by atoms with Gasteiger partial charge in [0, 0.05) is 4.47 Å². The van der Waals surface area contributed by atoms with Crippen molar-refractivity contribution in [2.24, 2.45) is 0 Å². The zero-order chi connectivity index (χ0) is 21.3. The third-order valence-corrected chi connectivity index (χ3v) is 6.38. The molecule has 0 aliphatic heterocycles. The number of rotatable bonds is 6. The van der Waals surface area contributed by atoms with Crippen LogP contribution in [0.4, 0.5) is 13.2 Å². The molecule has 0 aromatic heterocycles. The van der Waals surface area contributed by atoms with Crippen LogP contribution in [0.3, 0.4) is 0 Å². The molecule has 0 aliphatic rings. The minimum atomic E-state index is -4.82. The second-order valence-corrected chi connectivity index (χ2v) is 9.23. The molecule has 154 valence electrons. The predicted molar refractivity (Wildman–Crippen MR) is 105 cm³/mol. The normalized spacial score (nSPS) is 13.4. The van der Waals surface area contributed by atoms with Crippen molar-refractivity contribution in [1.29, 1.82) is 0 Å². The number of hydrogen-bond donors (Lipinski definition) is 1. The van der Waals surface area contributed by atoms with Crippen LogP contribution in [0.2, 0.25) is 0 Å². The molecule has 1 atom stereocenters. The van der Waals surface area contributed by atoms with Gasteiger partial charge in [0.2, 0.25) is 10.0 Å². The second-order valence-electron chi connectivity index (χ2n) is 6.66. The summed E-state index contributed by atoms with van der Waals surface area (Å²) in [4.78, 5) is -0.146. The molecule has 1 N–H and O–H groups in total. The summed E-state index contributed by atoms with van der Waals surface area (Å²) < 4.78 is 73.6. The number of alkyl halides is 3. The molecular formula is C19H21BrF3NO3S. The molecule has 0 bridgehead atoms. The molecule has 0 aliphatic carbocycles. The summed E-state index contributed by atoms with van der Waals surface area (Å²) in [6, 6.07) is 5.70. The summed E-state index contributed by atoms with van der Waals surface area (Å²) in [6.07, 6.45) is -4.82. The predicted octanol–water partition coefficient (Wildman–Crippen LogP) is 4.97. The maximum atomic E-state index is 13.5. The van der Waals surface area contributed by atoms with Gasteiger partial charge in [-0.3, -0.25) is 0 Å². The molecule has 2 aromatic carbocycles. The average molecular weight is 480 g/mol. The van der Waals surface area contributed by atoms with Gasteiger partial charge in [-0.05, 0) is 62.6 Å². The minimum Gasteiger partial charge on any atom is -0.491 e. The third kappa shape index (κ3) is 5.48. The monoisotopic (exact) mass is 479 g/mol. The van der Waals surface area contributed by atoms with Crippen molar-refractivity contribution in [3.05, 3.63) is 57.1 Å². The lowest BCUT2D eigenvalue weighted by Crippen LogP contribution is -2.49. The van der Waals surface area contributed by atoms with E-state index in [2.05, 4.69) is 15.9 Å². The molecule has 0 saturated carbocycles. The van der Waals surface area contributed by atoms with Crippen molar-refractivity contribution >= 4 is 26.0 Å². The number of hydrogen-bond acceptors (Lipinski definition) is 3. The molecule has 2 aromatic rings. The van der Waals surface area contributed by atoms with Crippen molar-refractivity contribution in [3.8, 4) is 5.75 Å². The molecule has 28 heavy (non-hydrogen) atoms. The van der Waals surface area contributed by atoms with Gasteiger partial charge in [0.15, 0.2) is 6.04 Å². The summed E-state index contributed by atoms with van der Waals surface area (Å²) in [6.45, 7) is 5.70. The van der Waals surface area contributed by atoms with E-state index >= 15 is 0 Å². The standard InChI is InChI=1S/C19H21BrF3NO3S/c1-11-7-13(3)18(14(4)8-11)28(25,26)24-17(19(21,22)23)10-27-16-6-5-15(20)9-12(16)2/h5-9,17,24H,10H2,1-4H3. The Labute approximate surface area is 171 Å². The molecule has 0 heterocycles. The fourth-order valence-electron chi connectivity index (χ4n) is 2.98. The maximum Gasteiger partial charge on any atom is 0.408 e. The van der Waals surface area contributed by atoms with E-state index in [9.17, 15) is 21.6 Å². The molecule has 4 nitrogen and oxygen atoms in total. The van der Waals surface area contributed by atoms with Gasteiger partial charge in [-0.25, -0.2) is 8.42 Å². The van der Waals surface area contributed by atoms with Gasteiger partial charge in [0.1, 0.15) is 12.4 Å². The zero-order valence-electron chi connectivity index (χ0n) is 15.8. The van der Waals surface area contributed by atoms with Gasteiger partial charge in [-0.2, -0.15) is 17.9 Å². The van der Waals surface area contributed by atoms with E-state index in [4.69, 9.17) is 4.74 Å². The number of benzene rings is 2. The Morgan fingerprint density at radius 3 is 2.11 bits per heavy atom. The Hall–Kier alpha value is -1.58. The topological polar surface area (TPSA) is 55.4 Å². The van der Waals surface area contributed by atoms with Crippen molar-refractivity contribution in [2.75, 3.05) is 6.61 Å². The van der Waals surface area contributed by atoms with Gasteiger partial charge in [-0.15, -0.1) is 0 Å². The van der Waals surface area contributed by atoms with Crippen LogP contribution in [0.25, 0.3) is 0 Å². The molecule has 0 radical (unpaired) electrons. The second kappa shape index (κ2) is 8.42. The van der Waals surface area contributed by atoms with Crippen LogP contribution < -0.4 is 9.46 Å². The van der Waals surface area contributed by atoms with Crippen LogP contribution in [-0.4, -0.2) is 27.2 Å². The first-order valence-corrected chi connectivity index (χ1v) is 10.6. The number of ether oxygens (including phenoxy) is 1. The summed E-state index contributed by atoms with van der Waals surface area (Å²) in [5, 5.41) is 0. The first-order chi connectivity index (χ1) is 12.8. The van der Waals surface area contributed by atoms with Crippen LogP contribution in [0, 0.1) is 27.7 Å². The van der Waals surface area contributed by atoms with Gasteiger partial charge >= 0.3 is 6.18 Å². The summed E-state index contributed by atoms with van der Waals surface area (Å²) >= 11 is 3.27. The molecule has 0 spiro atoms. The third-order valence-electron chi connectivity index (χ3n) is 4.11. The van der Waals surface area contributed by atoms with E-state index in [1.807, 2.05) is 0 Å². The fraction of sp³-hybridized carbons (Fsp3) is 0.368. The van der Waals surface area contributed by atoms with Crippen molar-refractivity contribution in [2.45, 2.75) is 44.8 Å². The first kappa shape index (κ1) is 22.7. The van der Waals surface area contributed by atoms with Gasteiger partial charge in [0.05, 0.1) is 4.90 Å². The highest BCUT2D eigenvalue weighted by atomic mass is 79.9. The van der Waals surface area contributed by atoms with Crippen LogP contribution in [0.15, 0.2) is 39.7 Å². The van der Waals surface area contributed by atoms with E-state index in [1.54, 1.807) is 56.7 Å². The minimum absolute atomic E-state index is 0.146. The lowest BCUT2D eigenvalue weighted by molar-refractivity contribution is -0.157. The first-order valence-electron chi connectivity index (χ1n) is 8.37. The van der Waals surface area contributed by atoms with E-state index < -0.39 is 28.8 Å². The van der Waals surface area contributed by atoms with E-state index in [-0.39, 0.29) is 10.6 Å². The molecule has 0 saturated heterocycles. The number of aryl methyl sites for hydroxylation is 4. The fourth-order valence-corrected chi connectivity index (χ4v) is 5.12. The number of halogens is 4. The molecule has 1 unspecified atom stereocenters. The van der Waals surface area contributed by atoms with Gasteiger partial charge < -0.3 is 4.74 Å². The molecule has 0 amide bonds. The Balaban J connectivity index is 2.29. The highest BCUT2D eigenvalue weighted by Crippen LogP contribution is 2.28. The van der Waals surface area contributed by atoms with Crippen LogP contribution in [0.1, 0.15) is 22.3 Å². The maximum absolute atomic E-state index is 13.5. The Morgan fingerprint density at radius 2 is 1.61 bits per heavy atom. The number of sulfonamides is 1. The summed E-state index contributed by atoms with van der Waals surface area (Å²) in [7, 11) is -4.40. The van der Waals surface area contributed by atoms with E-state index in [1.165, 1.54) is 6.07 Å². The Bertz CT molecular complexity index is 952. The number of nitrogens with one attached hydrogen (secondary N) is 1. The largest absolute Gasteiger partial charge is 0.491 e. The van der Waals surface area contributed by atoms with Crippen molar-refractivity contribution in [1.82, 2.24) is 4.72 Å². The molecule has 2 rings (SSSR count). The smallest absolute Gasteiger partial charge is 0.408 e. The highest BCUT2D eigenvalue weighted by Gasteiger charge is 2.43. The molecule has 9 heteroatoms. The van der Waals surface area contributed by atoms with Crippen molar-refractivity contribution in [3.63, 3.8) is 0 Å². The molecular weight excluding hydrogens is 459 g/mol. The average Bonchev–Trinajstić information content (AvgIpc) is 2.50. The van der Waals surface area contributed by atoms with Crippen molar-refractivity contribution < 1.29 is 26.3 Å². The van der Waals surface area contributed by atoms with Crippen LogP contribution in [0.5, 0.6) is 5.75 Å². The van der Waals surface area contributed by atoms with E-state index in [0.29, 0.717) is 16.7 Å². The Kier molecular flexibility index (Phi) is 6.83. The zero-order valence-corrected chi connectivity index (χ0v) is 18.2. The Morgan fingerprint density at radius 1 is 1.04 bits per heavy atom. The SMILES string of the molecule is Cc1cc(C)c(S(=O)(=O)NC(COc2ccc(Br)cc2C)C(F)(F)F)c(C)c1.